The molecule has 0 aliphatic rings. The summed E-state index contributed by atoms with van der Waals surface area (Å²) in [7, 11) is 1.74. The van der Waals surface area contributed by atoms with Crippen molar-refractivity contribution in [3.05, 3.63) is 4.88 Å². The van der Waals surface area contributed by atoms with E-state index in [9.17, 15) is 4.79 Å². The summed E-state index contributed by atoms with van der Waals surface area (Å²) in [6.07, 6.45) is 0.161. The molecular weight excluding hydrogens is 288 g/mol. The van der Waals surface area contributed by atoms with E-state index in [1.54, 1.807) is 11.9 Å². The molecule has 1 aromatic heterocycles. The Morgan fingerprint density at radius 2 is 2.10 bits per heavy atom. The Kier molecular flexibility index (Phi) is 6.91. The van der Waals surface area contributed by atoms with Gasteiger partial charge in [0, 0.05) is 20.1 Å². The number of thiazole rings is 1. The number of carbonyl (C=O) groups excluding carboxylic acids is 1. The molecule has 0 atom stereocenters. The Balaban J connectivity index is 2.60. The van der Waals surface area contributed by atoms with Gasteiger partial charge < -0.3 is 20.7 Å². The van der Waals surface area contributed by atoms with Crippen LogP contribution in [0, 0.1) is 5.92 Å². The van der Waals surface area contributed by atoms with Gasteiger partial charge in [-0.2, -0.15) is 0 Å². The summed E-state index contributed by atoms with van der Waals surface area (Å²) in [5.41, 5.74) is 5.84. The highest BCUT2D eigenvalue weighted by atomic mass is 32.1. The van der Waals surface area contributed by atoms with Gasteiger partial charge in [0.25, 0.3) is 5.91 Å². The summed E-state index contributed by atoms with van der Waals surface area (Å²) in [5, 5.41) is 3.88. The number of aromatic nitrogens is 1. The van der Waals surface area contributed by atoms with E-state index in [4.69, 9.17) is 10.5 Å². The largest absolute Gasteiger partial charge is 0.382 e. The van der Waals surface area contributed by atoms with E-state index in [2.05, 4.69) is 24.1 Å². The Morgan fingerprint density at radius 1 is 1.43 bits per heavy atom. The van der Waals surface area contributed by atoms with Gasteiger partial charge in [-0.1, -0.05) is 25.2 Å². The SMILES string of the molecule is CC(C)CNc1nc(N)c(C(=O)N(C)CCOC(C)C)s1. The van der Waals surface area contributed by atoms with Gasteiger partial charge in [0.15, 0.2) is 5.13 Å². The second kappa shape index (κ2) is 8.19. The van der Waals surface area contributed by atoms with Crippen LogP contribution in [0.2, 0.25) is 0 Å². The Hall–Kier alpha value is -1.34. The number of hydrogen-bond donors (Lipinski definition) is 2. The van der Waals surface area contributed by atoms with Crippen LogP contribution in [-0.2, 0) is 4.74 Å². The molecule has 6 nitrogen and oxygen atoms in total. The van der Waals surface area contributed by atoms with E-state index in [0.717, 1.165) is 6.54 Å². The molecule has 1 amide bonds. The van der Waals surface area contributed by atoms with Crippen molar-refractivity contribution in [2.75, 3.05) is 37.8 Å². The average molecular weight is 314 g/mol. The summed E-state index contributed by atoms with van der Waals surface area (Å²) in [4.78, 5) is 18.6. The Bertz CT molecular complexity index is 460. The molecule has 0 aliphatic carbocycles. The molecule has 0 bridgehead atoms. The molecule has 0 aromatic carbocycles. The van der Waals surface area contributed by atoms with Crippen molar-refractivity contribution in [1.29, 1.82) is 0 Å². The molecule has 7 heteroatoms. The second-order valence-corrected chi connectivity index (χ2v) is 6.65. The lowest BCUT2D eigenvalue weighted by molar-refractivity contribution is 0.0535. The number of ether oxygens (including phenoxy) is 1. The van der Waals surface area contributed by atoms with Gasteiger partial charge in [0.05, 0.1) is 12.7 Å². The molecule has 1 heterocycles. The van der Waals surface area contributed by atoms with Gasteiger partial charge in [-0.15, -0.1) is 0 Å². The molecule has 0 unspecified atom stereocenters. The van der Waals surface area contributed by atoms with E-state index >= 15 is 0 Å². The van der Waals surface area contributed by atoms with Crippen molar-refractivity contribution in [3.63, 3.8) is 0 Å². The number of likely N-dealkylation sites (N-methyl/N-ethyl adjacent to an activating group) is 1. The molecular formula is C14H26N4O2S. The zero-order chi connectivity index (χ0) is 16.0. The summed E-state index contributed by atoms with van der Waals surface area (Å²) in [6, 6.07) is 0. The number of nitrogens with one attached hydrogen (secondary N) is 1. The first-order valence-corrected chi connectivity index (χ1v) is 8.00. The van der Waals surface area contributed by atoms with Crippen molar-refractivity contribution in [2.24, 2.45) is 5.92 Å². The van der Waals surface area contributed by atoms with Crippen LogP contribution in [0.4, 0.5) is 10.9 Å². The van der Waals surface area contributed by atoms with Crippen molar-refractivity contribution >= 4 is 28.2 Å². The predicted octanol–water partition coefficient (Wildman–Crippen LogP) is 2.29. The lowest BCUT2D eigenvalue weighted by Gasteiger charge is -2.17. The maximum absolute atomic E-state index is 12.3. The first-order valence-electron chi connectivity index (χ1n) is 7.18. The maximum atomic E-state index is 12.3. The van der Waals surface area contributed by atoms with Gasteiger partial charge >= 0.3 is 0 Å². The summed E-state index contributed by atoms with van der Waals surface area (Å²) in [6.45, 7) is 10.0. The maximum Gasteiger partial charge on any atom is 0.267 e. The Morgan fingerprint density at radius 3 is 2.67 bits per heavy atom. The molecule has 21 heavy (non-hydrogen) atoms. The van der Waals surface area contributed by atoms with Gasteiger partial charge in [-0.05, 0) is 19.8 Å². The number of rotatable bonds is 8. The van der Waals surface area contributed by atoms with Crippen molar-refractivity contribution in [1.82, 2.24) is 9.88 Å². The van der Waals surface area contributed by atoms with Crippen LogP contribution in [-0.4, -0.2) is 48.6 Å². The molecule has 0 spiro atoms. The van der Waals surface area contributed by atoms with Gasteiger partial charge in [0.2, 0.25) is 0 Å². The first kappa shape index (κ1) is 17.7. The monoisotopic (exact) mass is 314 g/mol. The standard InChI is InChI=1S/C14H26N4O2S/c1-9(2)8-16-14-17-12(15)11(21-14)13(19)18(5)6-7-20-10(3)4/h9-10H,6-8,15H2,1-5H3,(H,16,17). The number of nitrogens with zero attached hydrogens (tertiary/aromatic N) is 2. The fraction of sp³-hybridized carbons (Fsp3) is 0.714. The zero-order valence-electron chi connectivity index (χ0n) is 13.5. The number of carbonyl (C=O) groups is 1. The summed E-state index contributed by atoms with van der Waals surface area (Å²) >= 11 is 1.30. The highest BCUT2D eigenvalue weighted by Crippen LogP contribution is 2.26. The molecule has 0 saturated carbocycles. The van der Waals surface area contributed by atoms with Crippen LogP contribution in [0.1, 0.15) is 37.4 Å². The van der Waals surface area contributed by atoms with E-state index < -0.39 is 0 Å². The third kappa shape index (κ3) is 5.89. The molecule has 1 rings (SSSR count). The van der Waals surface area contributed by atoms with E-state index in [-0.39, 0.29) is 17.8 Å². The quantitative estimate of drug-likeness (QED) is 0.769. The third-order valence-corrected chi connectivity index (χ3v) is 3.75. The second-order valence-electron chi connectivity index (χ2n) is 5.65. The van der Waals surface area contributed by atoms with Crippen molar-refractivity contribution < 1.29 is 9.53 Å². The normalized spacial score (nSPS) is 11.2. The zero-order valence-corrected chi connectivity index (χ0v) is 14.3. The fourth-order valence-corrected chi connectivity index (χ4v) is 2.44. The van der Waals surface area contributed by atoms with E-state index in [1.165, 1.54) is 11.3 Å². The minimum Gasteiger partial charge on any atom is -0.382 e. The van der Waals surface area contributed by atoms with Gasteiger partial charge in [-0.3, -0.25) is 4.79 Å². The number of hydrogen-bond acceptors (Lipinski definition) is 6. The molecule has 1 aromatic rings. The summed E-state index contributed by atoms with van der Waals surface area (Å²) in [5.74, 6) is 0.674. The van der Waals surface area contributed by atoms with Crippen molar-refractivity contribution in [2.45, 2.75) is 33.8 Å². The van der Waals surface area contributed by atoms with Gasteiger partial charge in [-0.25, -0.2) is 4.98 Å². The fourth-order valence-electron chi connectivity index (χ4n) is 1.55. The molecule has 0 aliphatic heterocycles. The summed E-state index contributed by atoms with van der Waals surface area (Å²) < 4.78 is 5.45. The topological polar surface area (TPSA) is 80.5 Å². The minimum atomic E-state index is -0.116. The highest BCUT2D eigenvalue weighted by molar-refractivity contribution is 7.18. The number of nitrogens with two attached hydrogens (primary N) is 1. The molecule has 0 radical (unpaired) electrons. The minimum absolute atomic E-state index is 0.116. The number of nitrogen functional groups attached to an aromatic ring is 1. The molecule has 0 fully saturated rings. The lowest BCUT2D eigenvalue weighted by atomic mass is 10.2. The van der Waals surface area contributed by atoms with E-state index in [1.807, 2.05) is 13.8 Å². The van der Waals surface area contributed by atoms with Crippen LogP contribution in [0.5, 0.6) is 0 Å². The Labute approximate surface area is 130 Å². The van der Waals surface area contributed by atoms with Crippen molar-refractivity contribution in [3.8, 4) is 0 Å². The molecule has 0 saturated heterocycles. The van der Waals surface area contributed by atoms with Crippen LogP contribution in [0.15, 0.2) is 0 Å². The van der Waals surface area contributed by atoms with Gasteiger partial charge in [0.1, 0.15) is 10.7 Å². The first-order chi connectivity index (χ1) is 9.81. The van der Waals surface area contributed by atoms with Crippen LogP contribution in [0.25, 0.3) is 0 Å². The van der Waals surface area contributed by atoms with Crippen LogP contribution >= 0.6 is 11.3 Å². The number of anilines is 2. The van der Waals surface area contributed by atoms with Crippen LogP contribution in [0.3, 0.4) is 0 Å². The average Bonchev–Trinajstić information content (AvgIpc) is 2.76. The number of amides is 1. The highest BCUT2D eigenvalue weighted by Gasteiger charge is 2.19. The molecule has 3 N–H and O–H groups in total. The van der Waals surface area contributed by atoms with Crippen LogP contribution < -0.4 is 11.1 Å². The predicted molar refractivity (Wildman–Crippen MR) is 87.9 cm³/mol. The molecule has 120 valence electrons. The smallest absolute Gasteiger partial charge is 0.267 e. The third-order valence-electron chi connectivity index (χ3n) is 2.73. The lowest BCUT2D eigenvalue weighted by Crippen LogP contribution is -2.30. The van der Waals surface area contributed by atoms with E-state index in [0.29, 0.717) is 29.1 Å².